The predicted octanol–water partition coefficient (Wildman–Crippen LogP) is 10.1. The lowest BCUT2D eigenvalue weighted by Crippen LogP contribution is -2.43. The Labute approximate surface area is 311 Å². The van der Waals surface area contributed by atoms with Gasteiger partial charge in [0.1, 0.15) is 22.9 Å². The van der Waals surface area contributed by atoms with E-state index in [4.69, 9.17) is 19.4 Å². The molecular formula is C43H52N6O4. The van der Waals surface area contributed by atoms with Crippen molar-refractivity contribution < 1.29 is 19.1 Å². The van der Waals surface area contributed by atoms with Crippen LogP contribution in [0, 0.1) is 5.92 Å². The monoisotopic (exact) mass is 716 g/mol. The Bertz CT molecular complexity index is 2200. The number of carbonyl (C=O) groups is 2. The fraction of sp³-hybridized carbons (Fsp3) is 0.488. The van der Waals surface area contributed by atoms with Gasteiger partial charge in [0, 0.05) is 17.0 Å². The van der Waals surface area contributed by atoms with Crippen LogP contribution in [0.25, 0.3) is 44.2 Å². The van der Waals surface area contributed by atoms with E-state index in [1.54, 1.807) is 0 Å². The summed E-state index contributed by atoms with van der Waals surface area (Å²) in [5.41, 5.74) is 8.15. The number of H-pyrrole nitrogens is 2. The Hall–Kier alpha value is -4.86. The molecule has 53 heavy (non-hydrogen) atoms. The van der Waals surface area contributed by atoms with E-state index < -0.39 is 17.3 Å². The van der Waals surface area contributed by atoms with Gasteiger partial charge >= 0.3 is 12.2 Å². The minimum absolute atomic E-state index is 0.0851. The zero-order valence-corrected chi connectivity index (χ0v) is 32.1. The number of fused-ring (bicyclic) bond motifs is 6. The maximum absolute atomic E-state index is 13.3. The first-order valence-corrected chi connectivity index (χ1v) is 19.4. The molecule has 4 atom stereocenters. The Morgan fingerprint density at radius 2 is 1.70 bits per heavy atom. The third-order valence-electron chi connectivity index (χ3n) is 11.0. The maximum Gasteiger partial charge on any atom is 0.411 e. The summed E-state index contributed by atoms with van der Waals surface area (Å²) in [5, 5.41) is 5.21. The summed E-state index contributed by atoms with van der Waals surface area (Å²) in [4.78, 5) is 45.0. The van der Waals surface area contributed by atoms with E-state index in [0.29, 0.717) is 5.92 Å². The number of imidazole rings is 2. The van der Waals surface area contributed by atoms with Crippen LogP contribution in [0.5, 0.6) is 0 Å². The highest BCUT2D eigenvalue weighted by atomic mass is 16.6. The van der Waals surface area contributed by atoms with Crippen LogP contribution in [0.15, 0.2) is 48.7 Å². The molecule has 1 saturated carbocycles. The van der Waals surface area contributed by atoms with Gasteiger partial charge in [0.05, 0.1) is 35.0 Å². The third kappa shape index (κ3) is 6.77. The Morgan fingerprint density at radius 1 is 0.943 bits per heavy atom. The van der Waals surface area contributed by atoms with E-state index in [-0.39, 0.29) is 24.2 Å². The lowest BCUT2D eigenvalue weighted by molar-refractivity contribution is 0.00617. The van der Waals surface area contributed by atoms with Gasteiger partial charge in [0.25, 0.3) is 0 Å². The van der Waals surface area contributed by atoms with E-state index >= 15 is 0 Å². The van der Waals surface area contributed by atoms with Gasteiger partial charge in [-0.25, -0.2) is 19.6 Å². The number of ether oxygens (including phenoxy) is 2. The number of hydrogen-bond acceptors (Lipinski definition) is 6. The molecule has 3 aliphatic rings. The minimum Gasteiger partial charge on any atom is -0.444 e. The molecule has 1 aliphatic heterocycles. The van der Waals surface area contributed by atoms with Gasteiger partial charge in [-0.3, -0.25) is 4.90 Å². The first kappa shape index (κ1) is 35.2. The van der Waals surface area contributed by atoms with Crippen molar-refractivity contribution in [1.29, 1.82) is 0 Å². The smallest absolute Gasteiger partial charge is 0.411 e. The van der Waals surface area contributed by atoms with Crippen molar-refractivity contribution in [3.05, 3.63) is 71.4 Å². The van der Waals surface area contributed by atoms with Crippen LogP contribution in [0.4, 0.5) is 9.59 Å². The Morgan fingerprint density at radius 3 is 2.45 bits per heavy atom. The third-order valence-corrected chi connectivity index (χ3v) is 11.0. The van der Waals surface area contributed by atoms with Gasteiger partial charge in [0.2, 0.25) is 0 Å². The number of rotatable bonds is 7. The largest absolute Gasteiger partial charge is 0.444 e. The first-order valence-electron chi connectivity index (χ1n) is 19.4. The van der Waals surface area contributed by atoms with Gasteiger partial charge in [-0.2, -0.15) is 0 Å². The van der Waals surface area contributed by atoms with E-state index in [1.807, 2.05) is 52.6 Å². The molecule has 2 amide bonds. The number of hydrogen-bond donors (Lipinski definition) is 3. The molecule has 3 heterocycles. The summed E-state index contributed by atoms with van der Waals surface area (Å²) in [7, 11) is 0. The molecule has 2 aliphatic carbocycles. The maximum atomic E-state index is 13.3. The SMILES string of the molecule is CCC[C@H](NC(=O)OC(C)(C)C)c1nc2c(ccc3cc(-c4ccc(-c5cnc([C@@H]6C7CCC(C7)N6C(=O)OC(C)(C)C)[nH]5)c5c4CCC5)ccc32)[nH]1. The van der Waals surface area contributed by atoms with Crippen molar-refractivity contribution >= 4 is 34.0 Å². The zero-order valence-electron chi connectivity index (χ0n) is 32.1. The second kappa shape index (κ2) is 13.2. The number of nitrogens with zero attached hydrogens (tertiary/aromatic N) is 3. The molecule has 3 N–H and O–H groups in total. The highest BCUT2D eigenvalue weighted by molar-refractivity contribution is 6.05. The molecule has 5 aromatic rings. The number of aromatic amines is 2. The van der Waals surface area contributed by atoms with Gasteiger partial charge in [0.15, 0.2) is 0 Å². The lowest BCUT2D eigenvalue weighted by atomic mass is 9.91. The standard InChI is InChI=1S/C43H52N6O4/c1-8-10-34(47-40(50)52-42(2,3)4)38-45-33-20-15-25-21-24(14-17-29(25)36(33)48-38)28-18-19-32(31-12-9-11-30(28)31)35-23-44-39(46-35)37-26-13-16-27(22-26)49(37)41(51)53-43(5,6)7/h14-15,17-21,23,26-27,34,37H,8-13,16,22H2,1-7H3,(H,44,46)(H,45,48)(H,47,50)/t26?,27?,34-,37-/m0/s1. The number of nitrogens with one attached hydrogen (secondary N) is 3. The highest BCUT2D eigenvalue weighted by Gasteiger charge is 2.51. The van der Waals surface area contributed by atoms with Gasteiger partial charge in [-0.05, 0) is 132 Å². The number of benzene rings is 3. The van der Waals surface area contributed by atoms with Crippen LogP contribution in [-0.4, -0.2) is 54.3 Å². The van der Waals surface area contributed by atoms with Crippen molar-refractivity contribution in [2.75, 3.05) is 0 Å². The van der Waals surface area contributed by atoms with Crippen molar-refractivity contribution in [1.82, 2.24) is 30.2 Å². The number of alkyl carbamates (subject to hydrolysis) is 1. The number of aromatic nitrogens is 4. The summed E-state index contributed by atoms with van der Waals surface area (Å²) >= 11 is 0. The quantitative estimate of drug-likeness (QED) is 0.154. The summed E-state index contributed by atoms with van der Waals surface area (Å²) in [6.45, 7) is 13.5. The number of likely N-dealkylation sites (tertiary alicyclic amines) is 1. The average molecular weight is 717 g/mol. The molecular weight excluding hydrogens is 665 g/mol. The van der Waals surface area contributed by atoms with Crippen molar-refractivity contribution in [3.8, 4) is 22.4 Å². The average Bonchev–Trinajstić information content (AvgIpc) is 3.93. The van der Waals surface area contributed by atoms with Crippen LogP contribution in [0.1, 0.15) is 122 Å². The second-order valence-electron chi connectivity index (χ2n) is 17.2. The first-order chi connectivity index (χ1) is 25.3. The summed E-state index contributed by atoms with van der Waals surface area (Å²) in [6.07, 6.45) is 9.21. The summed E-state index contributed by atoms with van der Waals surface area (Å²) in [6, 6.07) is 15.2. The van der Waals surface area contributed by atoms with E-state index in [1.165, 1.54) is 27.8 Å². The molecule has 1 saturated heterocycles. The molecule has 0 radical (unpaired) electrons. The second-order valence-corrected chi connectivity index (χ2v) is 17.2. The van der Waals surface area contributed by atoms with Crippen molar-refractivity contribution in [2.24, 2.45) is 5.92 Å². The van der Waals surface area contributed by atoms with Crippen LogP contribution in [-0.2, 0) is 22.3 Å². The minimum atomic E-state index is -0.576. The van der Waals surface area contributed by atoms with Crippen LogP contribution in [0.3, 0.4) is 0 Å². The van der Waals surface area contributed by atoms with E-state index in [0.717, 1.165) is 90.5 Å². The number of carbonyl (C=O) groups excluding carboxylic acids is 2. The van der Waals surface area contributed by atoms with Crippen LogP contribution in [0.2, 0.25) is 0 Å². The van der Waals surface area contributed by atoms with Gasteiger partial charge in [-0.15, -0.1) is 0 Å². The normalized spacial score (nSPS) is 20.3. The Kier molecular flexibility index (Phi) is 8.77. The molecule has 3 aromatic carbocycles. The molecule has 2 unspecified atom stereocenters. The molecule has 278 valence electrons. The molecule has 2 aromatic heterocycles. The summed E-state index contributed by atoms with van der Waals surface area (Å²) in [5.74, 6) is 1.99. The molecule has 2 bridgehead atoms. The fourth-order valence-electron chi connectivity index (χ4n) is 8.94. The fourth-order valence-corrected chi connectivity index (χ4v) is 8.94. The van der Waals surface area contributed by atoms with Crippen molar-refractivity contribution in [3.63, 3.8) is 0 Å². The molecule has 8 rings (SSSR count). The molecule has 2 fully saturated rings. The van der Waals surface area contributed by atoms with Crippen molar-refractivity contribution in [2.45, 2.75) is 129 Å². The lowest BCUT2D eigenvalue weighted by Gasteiger charge is -2.35. The molecule has 10 nitrogen and oxygen atoms in total. The Balaban J connectivity index is 1.07. The molecule has 10 heteroatoms. The van der Waals surface area contributed by atoms with Crippen LogP contribution < -0.4 is 5.32 Å². The summed E-state index contributed by atoms with van der Waals surface area (Å²) < 4.78 is 11.4. The van der Waals surface area contributed by atoms with E-state index in [9.17, 15) is 9.59 Å². The molecule has 0 spiro atoms. The van der Waals surface area contributed by atoms with Crippen LogP contribution >= 0.6 is 0 Å². The zero-order chi connectivity index (χ0) is 37.2. The van der Waals surface area contributed by atoms with Gasteiger partial charge < -0.3 is 24.8 Å². The van der Waals surface area contributed by atoms with Gasteiger partial charge in [-0.1, -0.05) is 43.7 Å². The van der Waals surface area contributed by atoms with E-state index in [2.05, 4.69) is 64.7 Å². The highest BCUT2D eigenvalue weighted by Crippen LogP contribution is 2.50. The number of amides is 2. The number of piperidine rings is 1. The predicted molar refractivity (Wildman–Crippen MR) is 208 cm³/mol. The topological polar surface area (TPSA) is 125 Å².